The van der Waals surface area contributed by atoms with E-state index in [4.69, 9.17) is 4.74 Å². The van der Waals surface area contributed by atoms with Gasteiger partial charge in [0.2, 0.25) is 11.8 Å². The summed E-state index contributed by atoms with van der Waals surface area (Å²) in [4.78, 5) is 23.1. The Morgan fingerprint density at radius 1 is 1.21 bits per heavy atom. The fraction of sp³-hybridized carbons (Fsp3) is 0.846. The van der Waals surface area contributed by atoms with Crippen molar-refractivity contribution in [2.24, 2.45) is 0 Å². The van der Waals surface area contributed by atoms with Crippen molar-refractivity contribution < 1.29 is 14.3 Å². The monoisotopic (exact) mass is 273 g/mol. The lowest BCUT2D eigenvalue weighted by Gasteiger charge is -2.23. The Hall–Kier alpha value is -1.14. The highest BCUT2D eigenvalue weighted by Crippen LogP contribution is 1.99. The molecular weight excluding hydrogens is 246 g/mol. The Bertz CT molecular complexity index is 287. The Morgan fingerprint density at radius 2 is 1.84 bits per heavy atom. The average molecular weight is 273 g/mol. The second-order valence-electron chi connectivity index (χ2n) is 5.51. The van der Waals surface area contributed by atoms with Gasteiger partial charge < -0.3 is 20.7 Å². The summed E-state index contributed by atoms with van der Waals surface area (Å²) in [5.74, 6) is -0.111. The van der Waals surface area contributed by atoms with Crippen LogP contribution in [0.1, 0.15) is 34.1 Å². The van der Waals surface area contributed by atoms with Gasteiger partial charge in [-0.2, -0.15) is 0 Å². The minimum atomic E-state index is -0.314. The smallest absolute Gasteiger partial charge is 0.237 e. The molecule has 1 atom stereocenters. The highest BCUT2D eigenvalue weighted by molar-refractivity contribution is 5.82. The summed E-state index contributed by atoms with van der Waals surface area (Å²) in [5, 5.41) is 8.62. The summed E-state index contributed by atoms with van der Waals surface area (Å²) in [6, 6.07) is -0.314. The van der Waals surface area contributed by atoms with E-state index in [1.54, 1.807) is 14.0 Å². The number of hydrogen-bond donors (Lipinski definition) is 3. The summed E-state index contributed by atoms with van der Waals surface area (Å²) < 4.78 is 4.83. The SMILES string of the molecule is COCCNC(=O)CCNC(C)C(=O)NC(C)(C)C. The van der Waals surface area contributed by atoms with E-state index in [9.17, 15) is 9.59 Å². The number of methoxy groups -OCH3 is 1. The molecule has 6 heteroatoms. The van der Waals surface area contributed by atoms with E-state index in [0.29, 0.717) is 26.1 Å². The van der Waals surface area contributed by atoms with Gasteiger partial charge in [0.05, 0.1) is 12.6 Å². The minimum absolute atomic E-state index is 0.0482. The molecule has 2 amide bonds. The molecule has 0 spiro atoms. The highest BCUT2D eigenvalue weighted by Gasteiger charge is 2.18. The third-order valence-electron chi connectivity index (χ3n) is 2.32. The maximum Gasteiger partial charge on any atom is 0.237 e. The molecule has 0 aromatic heterocycles. The van der Waals surface area contributed by atoms with Gasteiger partial charge in [-0.3, -0.25) is 9.59 Å². The van der Waals surface area contributed by atoms with Crippen molar-refractivity contribution in [3.63, 3.8) is 0 Å². The number of carbonyl (C=O) groups is 2. The third-order valence-corrected chi connectivity index (χ3v) is 2.32. The quantitative estimate of drug-likeness (QED) is 0.545. The Balaban J connectivity index is 3.76. The van der Waals surface area contributed by atoms with Crippen LogP contribution in [0.25, 0.3) is 0 Å². The van der Waals surface area contributed by atoms with Crippen molar-refractivity contribution in [2.45, 2.75) is 45.7 Å². The largest absolute Gasteiger partial charge is 0.383 e. The molecule has 0 aromatic rings. The number of ether oxygens (including phenoxy) is 1. The van der Waals surface area contributed by atoms with Gasteiger partial charge in [0.25, 0.3) is 0 Å². The van der Waals surface area contributed by atoms with E-state index in [0.717, 1.165) is 0 Å². The predicted octanol–water partition coefficient (Wildman–Crippen LogP) is 0.0319. The van der Waals surface area contributed by atoms with Crippen LogP contribution in [0.5, 0.6) is 0 Å². The van der Waals surface area contributed by atoms with E-state index in [1.165, 1.54) is 0 Å². The van der Waals surface area contributed by atoms with Crippen LogP contribution in [0, 0.1) is 0 Å². The fourth-order valence-electron chi connectivity index (χ4n) is 1.35. The van der Waals surface area contributed by atoms with Crippen molar-refractivity contribution in [3.8, 4) is 0 Å². The van der Waals surface area contributed by atoms with E-state index >= 15 is 0 Å². The van der Waals surface area contributed by atoms with Crippen molar-refractivity contribution in [2.75, 3.05) is 26.8 Å². The molecule has 3 N–H and O–H groups in total. The second-order valence-corrected chi connectivity index (χ2v) is 5.51. The predicted molar refractivity (Wildman–Crippen MR) is 74.9 cm³/mol. The summed E-state index contributed by atoms with van der Waals surface area (Å²) in [6.45, 7) is 9.06. The molecule has 0 fully saturated rings. The van der Waals surface area contributed by atoms with Crippen LogP contribution >= 0.6 is 0 Å². The lowest BCUT2D eigenvalue weighted by molar-refractivity contribution is -0.125. The van der Waals surface area contributed by atoms with E-state index in [1.807, 2.05) is 20.8 Å². The average Bonchev–Trinajstić information content (AvgIpc) is 2.27. The number of nitrogens with one attached hydrogen (secondary N) is 3. The topological polar surface area (TPSA) is 79.5 Å². The first kappa shape index (κ1) is 17.9. The van der Waals surface area contributed by atoms with Crippen molar-refractivity contribution in [3.05, 3.63) is 0 Å². The summed E-state index contributed by atoms with van der Waals surface area (Å²) in [5.41, 5.74) is -0.245. The van der Waals surface area contributed by atoms with Crippen molar-refractivity contribution in [1.82, 2.24) is 16.0 Å². The van der Waals surface area contributed by atoms with E-state index in [-0.39, 0.29) is 23.4 Å². The molecule has 0 saturated heterocycles. The summed E-state index contributed by atoms with van der Waals surface area (Å²) in [6.07, 6.45) is 0.344. The van der Waals surface area contributed by atoms with E-state index in [2.05, 4.69) is 16.0 Å². The molecule has 0 bridgehead atoms. The van der Waals surface area contributed by atoms with Crippen LogP contribution in [0.4, 0.5) is 0 Å². The lowest BCUT2D eigenvalue weighted by Crippen LogP contribution is -2.50. The van der Waals surface area contributed by atoms with Crippen LogP contribution in [0.3, 0.4) is 0 Å². The standard InChI is InChI=1S/C13H27N3O3/c1-10(12(18)16-13(2,3)4)14-7-6-11(17)15-8-9-19-5/h10,14H,6-9H2,1-5H3,(H,15,17)(H,16,18). The normalized spacial score (nSPS) is 12.9. The third kappa shape index (κ3) is 10.5. The first-order valence-corrected chi connectivity index (χ1v) is 6.57. The van der Waals surface area contributed by atoms with Gasteiger partial charge in [0.15, 0.2) is 0 Å². The minimum Gasteiger partial charge on any atom is -0.383 e. The van der Waals surface area contributed by atoms with Gasteiger partial charge in [0.1, 0.15) is 0 Å². The van der Waals surface area contributed by atoms with Crippen LogP contribution in [-0.4, -0.2) is 50.2 Å². The van der Waals surface area contributed by atoms with Gasteiger partial charge in [-0.1, -0.05) is 0 Å². The summed E-state index contributed by atoms with van der Waals surface area (Å²) in [7, 11) is 1.59. The molecule has 0 heterocycles. The molecule has 0 aliphatic rings. The van der Waals surface area contributed by atoms with Gasteiger partial charge in [-0.25, -0.2) is 0 Å². The van der Waals surface area contributed by atoms with Gasteiger partial charge in [-0.15, -0.1) is 0 Å². The Labute approximate surface area is 115 Å². The van der Waals surface area contributed by atoms with Gasteiger partial charge >= 0.3 is 0 Å². The Morgan fingerprint density at radius 3 is 2.37 bits per heavy atom. The van der Waals surface area contributed by atoms with Crippen LogP contribution in [0.15, 0.2) is 0 Å². The first-order valence-electron chi connectivity index (χ1n) is 6.57. The molecule has 19 heavy (non-hydrogen) atoms. The fourth-order valence-corrected chi connectivity index (χ4v) is 1.35. The molecule has 0 rings (SSSR count). The van der Waals surface area contributed by atoms with Crippen LogP contribution in [0.2, 0.25) is 0 Å². The number of rotatable bonds is 8. The van der Waals surface area contributed by atoms with Crippen LogP contribution in [-0.2, 0) is 14.3 Å². The zero-order valence-electron chi connectivity index (χ0n) is 12.6. The number of carbonyl (C=O) groups excluding carboxylic acids is 2. The van der Waals surface area contributed by atoms with E-state index < -0.39 is 0 Å². The molecule has 6 nitrogen and oxygen atoms in total. The maximum atomic E-state index is 11.8. The first-order chi connectivity index (χ1) is 8.76. The maximum absolute atomic E-state index is 11.8. The zero-order chi connectivity index (χ0) is 14.9. The molecular formula is C13H27N3O3. The Kier molecular flexibility index (Phi) is 8.34. The second kappa shape index (κ2) is 8.87. The molecule has 0 saturated carbocycles. The molecule has 0 aliphatic heterocycles. The molecule has 0 aliphatic carbocycles. The number of hydrogen-bond acceptors (Lipinski definition) is 4. The van der Waals surface area contributed by atoms with Crippen LogP contribution < -0.4 is 16.0 Å². The van der Waals surface area contributed by atoms with Gasteiger partial charge in [0, 0.05) is 32.2 Å². The number of amides is 2. The summed E-state index contributed by atoms with van der Waals surface area (Å²) >= 11 is 0. The molecule has 1 unspecified atom stereocenters. The van der Waals surface area contributed by atoms with Crippen molar-refractivity contribution >= 4 is 11.8 Å². The lowest BCUT2D eigenvalue weighted by atomic mass is 10.1. The van der Waals surface area contributed by atoms with Crippen molar-refractivity contribution in [1.29, 1.82) is 0 Å². The highest BCUT2D eigenvalue weighted by atomic mass is 16.5. The zero-order valence-corrected chi connectivity index (χ0v) is 12.6. The molecule has 112 valence electrons. The van der Waals surface area contributed by atoms with Gasteiger partial charge in [-0.05, 0) is 27.7 Å². The molecule has 0 radical (unpaired) electrons. The molecule has 0 aromatic carbocycles.